The van der Waals surface area contributed by atoms with Gasteiger partial charge < -0.3 is 9.88 Å². The van der Waals surface area contributed by atoms with Gasteiger partial charge in [-0.2, -0.15) is 0 Å². The van der Waals surface area contributed by atoms with Crippen LogP contribution < -0.4 is 0 Å². The Hall–Kier alpha value is -2.70. The molecule has 0 unspecified atom stereocenters. The number of likely N-dealkylation sites (tertiary alicyclic amines) is 1. The van der Waals surface area contributed by atoms with Gasteiger partial charge in [0.05, 0.1) is 5.54 Å². The predicted octanol–water partition coefficient (Wildman–Crippen LogP) is 3.67. The van der Waals surface area contributed by atoms with Gasteiger partial charge in [-0.3, -0.25) is 4.79 Å². The molecule has 1 aromatic carbocycles. The van der Waals surface area contributed by atoms with Crippen molar-refractivity contribution in [2.75, 3.05) is 13.1 Å². The Bertz CT molecular complexity index is 976. The number of aromatic amines is 1. The molecule has 0 radical (unpaired) electrons. The lowest BCUT2D eigenvalue weighted by Crippen LogP contribution is -2.38. The van der Waals surface area contributed by atoms with Gasteiger partial charge in [0.2, 0.25) is 5.82 Å². The number of aromatic nitrogens is 4. The fourth-order valence-electron chi connectivity index (χ4n) is 3.67. The molecule has 1 saturated heterocycles. The van der Waals surface area contributed by atoms with E-state index < -0.39 is 0 Å². The summed E-state index contributed by atoms with van der Waals surface area (Å²) in [4.78, 5) is 21.9. The van der Waals surface area contributed by atoms with E-state index in [2.05, 4.69) is 15.1 Å². The van der Waals surface area contributed by atoms with Crippen LogP contribution >= 0.6 is 0 Å². The van der Waals surface area contributed by atoms with Crippen LogP contribution in [-0.4, -0.2) is 43.6 Å². The minimum Gasteiger partial charge on any atom is -0.361 e. The summed E-state index contributed by atoms with van der Waals surface area (Å²) >= 11 is 0. The van der Waals surface area contributed by atoms with E-state index in [0.29, 0.717) is 19.0 Å². The SMILES string of the molecule is CC(C)(C)n1cnc(C(=O)N2CCC(c3c[nH]c4ccc(F)cc34)CC2)n1. The third-order valence-electron chi connectivity index (χ3n) is 5.27. The number of nitrogens with zero attached hydrogens (tertiary/aromatic N) is 4. The van der Waals surface area contributed by atoms with Crippen LogP contribution in [0.2, 0.25) is 0 Å². The van der Waals surface area contributed by atoms with E-state index in [1.54, 1.807) is 23.1 Å². The lowest BCUT2D eigenvalue weighted by Gasteiger charge is -2.31. The molecule has 0 saturated carbocycles. The highest BCUT2D eigenvalue weighted by molar-refractivity contribution is 5.90. The van der Waals surface area contributed by atoms with Crippen molar-refractivity contribution in [3.05, 3.63) is 47.9 Å². The van der Waals surface area contributed by atoms with Crippen LogP contribution in [0.3, 0.4) is 0 Å². The number of hydrogen-bond acceptors (Lipinski definition) is 3. The Morgan fingerprint density at radius 1 is 1.26 bits per heavy atom. The normalized spacial score (nSPS) is 16.2. The van der Waals surface area contributed by atoms with Crippen molar-refractivity contribution in [1.29, 1.82) is 0 Å². The van der Waals surface area contributed by atoms with Crippen molar-refractivity contribution in [2.24, 2.45) is 0 Å². The second kappa shape index (κ2) is 6.48. The molecule has 1 N–H and O–H groups in total. The second-order valence-corrected chi connectivity index (χ2v) is 8.18. The molecule has 0 aliphatic carbocycles. The zero-order valence-electron chi connectivity index (χ0n) is 15.9. The van der Waals surface area contributed by atoms with Gasteiger partial charge in [-0.25, -0.2) is 14.1 Å². The molecule has 1 amide bonds. The zero-order valence-corrected chi connectivity index (χ0v) is 15.9. The molecule has 3 aromatic rings. The number of hydrogen-bond donors (Lipinski definition) is 1. The first-order valence-electron chi connectivity index (χ1n) is 9.31. The van der Waals surface area contributed by atoms with Gasteiger partial charge in [0.1, 0.15) is 12.1 Å². The number of piperidine rings is 1. The topological polar surface area (TPSA) is 66.8 Å². The maximum Gasteiger partial charge on any atom is 0.293 e. The van der Waals surface area contributed by atoms with E-state index in [1.165, 1.54) is 6.07 Å². The third kappa shape index (κ3) is 3.34. The first-order chi connectivity index (χ1) is 12.8. The number of nitrogens with one attached hydrogen (secondary N) is 1. The van der Waals surface area contributed by atoms with Crippen LogP contribution in [0.4, 0.5) is 4.39 Å². The highest BCUT2D eigenvalue weighted by Crippen LogP contribution is 2.33. The maximum atomic E-state index is 13.6. The minimum absolute atomic E-state index is 0.124. The Morgan fingerprint density at radius 2 is 2.00 bits per heavy atom. The van der Waals surface area contributed by atoms with Crippen LogP contribution in [0.25, 0.3) is 10.9 Å². The largest absolute Gasteiger partial charge is 0.361 e. The number of rotatable bonds is 2. The summed E-state index contributed by atoms with van der Waals surface area (Å²) in [6, 6.07) is 4.82. The molecule has 0 atom stereocenters. The number of benzene rings is 1. The molecule has 4 rings (SSSR count). The summed E-state index contributed by atoms with van der Waals surface area (Å²) in [7, 11) is 0. The highest BCUT2D eigenvalue weighted by Gasteiger charge is 2.28. The summed E-state index contributed by atoms with van der Waals surface area (Å²) in [5.74, 6) is 0.208. The molecule has 142 valence electrons. The molecular weight excluding hydrogens is 345 g/mol. The van der Waals surface area contributed by atoms with Crippen LogP contribution in [0.1, 0.15) is 55.7 Å². The quantitative estimate of drug-likeness (QED) is 0.749. The first kappa shape index (κ1) is 17.7. The molecular formula is C20H24FN5O. The highest BCUT2D eigenvalue weighted by atomic mass is 19.1. The van der Waals surface area contributed by atoms with Crippen molar-refractivity contribution in [3.8, 4) is 0 Å². The van der Waals surface area contributed by atoms with Crippen molar-refractivity contribution in [2.45, 2.75) is 45.1 Å². The second-order valence-electron chi connectivity index (χ2n) is 8.18. The Labute approximate surface area is 157 Å². The van der Waals surface area contributed by atoms with Crippen molar-refractivity contribution < 1.29 is 9.18 Å². The van der Waals surface area contributed by atoms with Crippen molar-refractivity contribution in [1.82, 2.24) is 24.6 Å². The molecule has 1 aliphatic heterocycles. The lowest BCUT2D eigenvalue weighted by molar-refractivity contribution is 0.0700. The lowest BCUT2D eigenvalue weighted by atomic mass is 9.89. The van der Waals surface area contributed by atoms with Crippen LogP contribution in [-0.2, 0) is 5.54 Å². The van der Waals surface area contributed by atoms with Gasteiger partial charge in [0.25, 0.3) is 5.91 Å². The van der Waals surface area contributed by atoms with E-state index in [4.69, 9.17) is 0 Å². The van der Waals surface area contributed by atoms with E-state index in [1.807, 2.05) is 31.9 Å². The van der Waals surface area contributed by atoms with E-state index >= 15 is 0 Å². The molecule has 2 aromatic heterocycles. The number of fused-ring (bicyclic) bond motifs is 1. The average molecular weight is 369 g/mol. The molecule has 1 fully saturated rings. The fraction of sp³-hybridized carbons (Fsp3) is 0.450. The standard InChI is InChI=1S/C20H24FN5O/c1-20(2,3)26-12-23-18(24-26)19(27)25-8-6-13(7-9-25)16-11-22-17-5-4-14(21)10-15(16)17/h4-5,10-13,22H,6-9H2,1-3H3. The molecule has 0 spiro atoms. The van der Waals surface area contributed by atoms with Crippen LogP contribution in [0.5, 0.6) is 0 Å². The van der Waals surface area contributed by atoms with Gasteiger partial charge in [-0.15, -0.1) is 5.10 Å². The molecule has 3 heterocycles. The number of halogens is 1. The zero-order chi connectivity index (χ0) is 19.2. The van der Waals surface area contributed by atoms with Gasteiger partial charge in [0.15, 0.2) is 0 Å². The number of H-pyrrole nitrogens is 1. The maximum absolute atomic E-state index is 13.6. The Morgan fingerprint density at radius 3 is 2.67 bits per heavy atom. The van der Waals surface area contributed by atoms with Gasteiger partial charge in [-0.1, -0.05) is 0 Å². The third-order valence-corrected chi connectivity index (χ3v) is 5.27. The Kier molecular flexibility index (Phi) is 4.25. The molecule has 7 heteroatoms. The number of carbonyl (C=O) groups is 1. The van der Waals surface area contributed by atoms with Crippen molar-refractivity contribution in [3.63, 3.8) is 0 Å². The van der Waals surface area contributed by atoms with Gasteiger partial charge in [-0.05, 0) is 63.3 Å². The summed E-state index contributed by atoms with van der Waals surface area (Å²) in [5.41, 5.74) is 1.87. The first-order valence-corrected chi connectivity index (χ1v) is 9.31. The van der Waals surface area contributed by atoms with Crippen molar-refractivity contribution >= 4 is 16.8 Å². The average Bonchev–Trinajstić information content (AvgIpc) is 3.28. The minimum atomic E-state index is -0.225. The van der Waals surface area contributed by atoms with Crippen LogP contribution in [0, 0.1) is 5.82 Å². The van der Waals surface area contributed by atoms with Gasteiger partial charge >= 0.3 is 0 Å². The Balaban J connectivity index is 1.46. The molecule has 6 nitrogen and oxygen atoms in total. The fourth-order valence-corrected chi connectivity index (χ4v) is 3.67. The number of amides is 1. The van der Waals surface area contributed by atoms with E-state index in [9.17, 15) is 9.18 Å². The summed E-state index contributed by atoms with van der Waals surface area (Å²) in [5, 5.41) is 5.28. The van der Waals surface area contributed by atoms with E-state index in [0.717, 1.165) is 29.3 Å². The monoisotopic (exact) mass is 369 g/mol. The van der Waals surface area contributed by atoms with Crippen LogP contribution in [0.15, 0.2) is 30.7 Å². The summed E-state index contributed by atoms with van der Waals surface area (Å²) < 4.78 is 15.3. The summed E-state index contributed by atoms with van der Waals surface area (Å²) in [6.07, 6.45) is 5.27. The molecule has 27 heavy (non-hydrogen) atoms. The molecule has 1 aliphatic rings. The summed E-state index contributed by atoms with van der Waals surface area (Å²) in [6.45, 7) is 7.35. The molecule has 0 bridgehead atoms. The van der Waals surface area contributed by atoms with E-state index in [-0.39, 0.29) is 23.1 Å². The van der Waals surface area contributed by atoms with Gasteiger partial charge in [0, 0.05) is 30.2 Å². The predicted molar refractivity (Wildman–Crippen MR) is 101 cm³/mol. The smallest absolute Gasteiger partial charge is 0.293 e. The number of carbonyl (C=O) groups excluding carboxylic acids is 1.